The van der Waals surface area contributed by atoms with Gasteiger partial charge in [-0.15, -0.1) is 0 Å². The van der Waals surface area contributed by atoms with E-state index in [-0.39, 0.29) is 5.78 Å². The summed E-state index contributed by atoms with van der Waals surface area (Å²) in [4.78, 5) is 14.0. The summed E-state index contributed by atoms with van der Waals surface area (Å²) in [7, 11) is 3.63. The van der Waals surface area contributed by atoms with Crippen molar-refractivity contribution >= 4 is 11.5 Å². The van der Waals surface area contributed by atoms with Gasteiger partial charge in [-0.3, -0.25) is 4.79 Å². The molecular weight excluding hydrogens is 226 g/mol. The average molecular weight is 249 g/mol. The lowest BCUT2D eigenvalue weighted by Gasteiger charge is -2.29. The van der Waals surface area contributed by atoms with Crippen molar-refractivity contribution in [1.82, 2.24) is 0 Å². The maximum Gasteiger partial charge on any atom is 0.165 e. The lowest BCUT2D eigenvalue weighted by molar-refractivity contribution is 0.101. The summed E-state index contributed by atoms with van der Waals surface area (Å²) >= 11 is 0. The van der Waals surface area contributed by atoms with E-state index >= 15 is 0 Å². The monoisotopic (exact) mass is 249 g/mol. The summed E-state index contributed by atoms with van der Waals surface area (Å²) in [5.74, 6) is 0.688. The second-order valence-electron chi connectivity index (χ2n) is 4.66. The number of carbonyl (C=O) groups excluding carboxylic acids is 1. The summed E-state index contributed by atoms with van der Waals surface area (Å²) in [6, 6.07) is 6.14. The van der Waals surface area contributed by atoms with Crippen LogP contribution in [0.3, 0.4) is 0 Å². The number of methoxy groups -OCH3 is 1. The highest BCUT2D eigenvalue weighted by Gasteiger charge is 2.18. The summed E-state index contributed by atoms with van der Waals surface area (Å²) in [5, 5.41) is 0. The van der Waals surface area contributed by atoms with Crippen molar-refractivity contribution < 1.29 is 9.53 Å². The molecule has 0 aromatic heterocycles. The number of Topliss-reactive ketones (excluding diaryl/α,β-unsaturated/α-hetero) is 1. The van der Waals surface area contributed by atoms with E-state index in [2.05, 4.69) is 18.7 Å². The van der Waals surface area contributed by atoms with Crippen molar-refractivity contribution in [3.63, 3.8) is 0 Å². The summed E-state index contributed by atoms with van der Waals surface area (Å²) in [6.07, 6.45) is 2.23. The number of nitrogens with zero attached hydrogens (tertiary/aromatic N) is 1. The second-order valence-corrected chi connectivity index (χ2v) is 4.66. The predicted octanol–water partition coefficient (Wildman–Crippen LogP) is 3.52. The van der Waals surface area contributed by atoms with E-state index in [0.29, 0.717) is 17.4 Å². The standard InChI is InChI=1S/C15H23NO2/c1-6-8-11(2)16(4)13-9-7-10-14(18-5)15(13)12(3)17/h7,9-11H,6,8H2,1-5H3. The zero-order valence-corrected chi connectivity index (χ0v) is 12.0. The third-order valence-corrected chi connectivity index (χ3v) is 3.32. The highest BCUT2D eigenvalue weighted by atomic mass is 16.5. The molecule has 0 bridgehead atoms. The molecule has 1 aromatic rings. The van der Waals surface area contributed by atoms with Gasteiger partial charge >= 0.3 is 0 Å². The first kappa shape index (κ1) is 14.6. The lowest BCUT2D eigenvalue weighted by atomic mass is 10.0. The molecule has 0 saturated heterocycles. The molecule has 100 valence electrons. The van der Waals surface area contributed by atoms with Crippen molar-refractivity contribution in [3.8, 4) is 5.75 Å². The highest BCUT2D eigenvalue weighted by Crippen LogP contribution is 2.30. The number of hydrogen-bond donors (Lipinski definition) is 0. The molecule has 18 heavy (non-hydrogen) atoms. The van der Waals surface area contributed by atoms with E-state index in [4.69, 9.17) is 4.74 Å². The Morgan fingerprint density at radius 3 is 2.61 bits per heavy atom. The normalized spacial score (nSPS) is 12.1. The topological polar surface area (TPSA) is 29.5 Å². The van der Waals surface area contributed by atoms with Crippen molar-refractivity contribution in [1.29, 1.82) is 0 Å². The van der Waals surface area contributed by atoms with Gasteiger partial charge in [-0.1, -0.05) is 19.4 Å². The van der Waals surface area contributed by atoms with Gasteiger partial charge in [-0.2, -0.15) is 0 Å². The Balaban J connectivity index is 3.19. The van der Waals surface area contributed by atoms with Crippen molar-refractivity contribution in [3.05, 3.63) is 23.8 Å². The molecule has 1 unspecified atom stereocenters. The smallest absolute Gasteiger partial charge is 0.165 e. The summed E-state index contributed by atoms with van der Waals surface area (Å²) < 4.78 is 5.29. The van der Waals surface area contributed by atoms with Crippen molar-refractivity contribution in [2.24, 2.45) is 0 Å². The highest BCUT2D eigenvalue weighted by molar-refractivity contribution is 6.02. The second kappa shape index (κ2) is 6.43. The first-order valence-electron chi connectivity index (χ1n) is 6.43. The van der Waals surface area contributed by atoms with E-state index in [1.807, 2.05) is 25.2 Å². The molecule has 3 nitrogen and oxygen atoms in total. The number of ketones is 1. The Morgan fingerprint density at radius 2 is 2.11 bits per heavy atom. The zero-order valence-electron chi connectivity index (χ0n) is 12.0. The van der Waals surface area contributed by atoms with Crippen LogP contribution >= 0.6 is 0 Å². The van der Waals surface area contributed by atoms with Crippen LogP contribution in [-0.4, -0.2) is 26.0 Å². The fourth-order valence-electron chi connectivity index (χ4n) is 2.19. The Hall–Kier alpha value is -1.51. The molecule has 0 aliphatic rings. The number of ether oxygens (including phenoxy) is 1. The van der Waals surface area contributed by atoms with Gasteiger partial charge in [0, 0.05) is 13.1 Å². The predicted molar refractivity (Wildman–Crippen MR) is 75.8 cm³/mol. The van der Waals surface area contributed by atoms with Gasteiger partial charge in [0.05, 0.1) is 18.4 Å². The number of hydrogen-bond acceptors (Lipinski definition) is 3. The van der Waals surface area contributed by atoms with Crippen molar-refractivity contribution in [2.45, 2.75) is 39.7 Å². The Bertz CT molecular complexity index is 415. The molecule has 0 saturated carbocycles. The van der Waals surface area contributed by atoms with Crippen LogP contribution in [0.1, 0.15) is 44.0 Å². The molecule has 0 aliphatic heterocycles. The van der Waals surface area contributed by atoms with Crippen LogP contribution in [0.15, 0.2) is 18.2 Å². The van der Waals surface area contributed by atoms with Gasteiger partial charge in [0.25, 0.3) is 0 Å². The molecule has 0 amide bonds. The molecule has 0 heterocycles. The van der Waals surface area contributed by atoms with Gasteiger partial charge in [0.15, 0.2) is 5.78 Å². The minimum absolute atomic E-state index is 0.0398. The molecule has 0 N–H and O–H groups in total. The molecule has 0 spiro atoms. The average Bonchev–Trinajstić information content (AvgIpc) is 2.36. The fraction of sp³-hybridized carbons (Fsp3) is 0.533. The van der Waals surface area contributed by atoms with Crippen LogP contribution < -0.4 is 9.64 Å². The number of carbonyl (C=O) groups is 1. The SMILES string of the molecule is CCCC(C)N(C)c1cccc(OC)c1C(C)=O. The van der Waals surface area contributed by atoms with Gasteiger partial charge in [0.2, 0.25) is 0 Å². The van der Waals surface area contributed by atoms with Crippen LogP contribution in [0.4, 0.5) is 5.69 Å². The summed E-state index contributed by atoms with van der Waals surface area (Å²) in [5.41, 5.74) is 1.62. The first-order valence-corrected chi connectivity index (χ1v) is 6.43. The first-order chi connectivity index (χ1) is 8.52. The molecule has 0 aliphatic carbocycles. The maximum atomic E-state index is 11.8. The van der Waals surface area contributed by atoms with Crippen LogP contribution in [0.25, 0.3) is 0 Å². The molecule has 1 rings (SSSR count). The van der Waals surface area contributed by atoms with E-state index in [9.17, 15) is 4.79 Å². The third kappa shape index (κ3) is 3.03. The lowest BCUT2D eigenvalue weighted by Crippen LogP contribution is -2.30. The van der Waals surface area contributed by atoms with Crippen molar-refractivity contribution in [2.75, 3.05) is 19.1 Å². The van der Waals surface area contributed by atoms with E-state index in [0.717, 1.165) is 18.5 Å². The molecule has 3 heteroatoms. The largest absolute Gasteiger partial charge is 0.496 e. The number of benzene rings is 1. The Morgan fingerprint density at radius 1 is 1.44 bits per heavy atom. The maximum absolute atomic E-state index is 11.8. The van der Waals surface area contributed by atoms with Crippen LogP contribution in [0.5, 0.6) is 5.75 Å². The minimum Gasteiger partial charge on any atom is -0.496 e. The van der Waals surface area contributed by atoms with Gasteiger partial charge in [-0.25, -0.2) is 0 Å². The van der Waals surface area contributed by atoms with Crippen LogP contribution in [-0.2, 0) is 0 Å². The Kier molecular flexibility index (Phi) is 5.20. The number of rotatable bonds is 6. The molecule has 0 fully saturated rings. The van der Waals surface area contributed by atoms with Crippen LogP contribution in [0.2, 0.25) is 0 Å². The molecule has 1 aromatic carbocycles. The van der Waals surface area contributed by atoms with Gasteiger partial charge in [0.1, 0.15) is 5.75 Å². The molecular formula is C15H23NO2. The number of anilines is 1. The van der Waals surface area contributed by atoms with Gasteiger partial charge in [-0.05, 0) is 32.4 Å². The zero-order chi connectivity index (χ0) is 13.7. The van der Waals surface area contributed by atoms with E-state index in [1.54, 1.807) is 14.0 Å². The Labute approximate surface area is 110 Å². The van der Waals surface area contributed by atoms with Gasteiger partial charge < -0.3 is 9.64 Å². The van der Waals surface area contributed by atoms with Crippen LogP contribution in [0, 0.1) is 0 Å². The quantitative estimate of drug-likeness (QED) is 0.722. The summed E-state index contributed by atoms with van der Waals surface area (Å²) in [6.45, 7) is 5.92. The molecule has 1 atom stereocenters. The minimum atomic E-state index is 0.0398. The van der Waals surface area contributed by atoms with E-state index in [1.165, 1.54) is 0 Å². The third-order valence-electron chi connectivity index (χ3n) is 3.32. The van der Waals surface area contributed by atoms with E-state index < -0.39 is 0 Å². The fourth-order valence-corrected chi connectivity index (χ4v) is 2.19. The molecule has 0 radical (unpaired) electrons.